The number of hydrogen-bond donors (Lipinski definition) is 1. The van der Waals surface area contributed by atoms with Gasteiger partial charge in [0, 0.05) is 38.3 Å². The van der Waals surface area contributed by atoms with Crippen molar-refractivity contribution in [3.8, 4) is 0 Å². The molecule has 0 unspecified atom stereocenters. The first-order chi connectivity index (χ1) is 9.10. The van der Waals surface area contributed by atoms with Crippen molar-refractivity contribution >= 4 is 5.97 Å². The lowest BCUT2D eigenvalue weighted by atomic mass is 10.2. The average Bonchev–Trinajstić information content (AvgIpc) is 2.74. The number of piperazine rings is 1. The maximum absolute atomic E-state index is 10.9. The first-order valence-electron chi connectivity index (χ1n) is 6.87. The number of carboxylic acid groups (broad SMARTS) is 1. The van der Waals surface area contributed by atoms with Crippen LogP contribution in [0.3, 0.4) is 0 Å². The van der Waals surface area contributed by atoms with Gasteiger partial charge in [0.2, 0.25) is 5.76 Å². The molecule has 0 atom stereocenters. The van der Waals surface area contributed by atoms with Gasteiger partial charge < -0.3 is 14.4 Å². The molecule has 106 valence electrons. The van der Waals surface area contributed by atoms with Gasteiger partial charge in [-0.3, -0.25) is 4.90 Å². The smallest absolute Gasteiger partial charge is 0.371 e. The van der Waals surface area contributed by atoms with Crippen molar-refractivity contribution in [2.24, 2.45) is 0 Å². The van der Waals surface area contributed by atoms with E-state index in [4.69, 9.17) is 9.52 Å². The molecule has 2 rings (SSSR count). The Morgan fingerprint density at radius 3 is 2.47 bits per heavy atom. The molecule has 0 bridgehead atoms. The Morgan fingerprint density at radius 1 is 1.32 bits per heavy atom. The van der Waals surface area contributed by atoms with E-state index >= 15 is 0 Å². The van der Waals surface area contributed by atoms with E-state index in [0.717, 1.165) is 38.3 Å². The molecule has 1 N–H and O–H groups in total. The highest BCUT2D eigenvalue weighted by atomic mass is 16.4. The van der Waals surface area contributed by atoms with Gasteiger partial charge in [0.25, 0.3) is 0 Å². The lowest BCUT2D eigenvalue weighted by Gasteiger charge is -2.34. The topological polar surface area (TPSA) is 56.9 Å². The third-order valence-corrected chi connectivity index (χ3v) is 3.63. The van der Waals surface area contributed by atoms with Crippen LogP contribution in [0.2, 0.25) is 0 Å². The van der Waals surface area contributed by atoms with Crippen LogP contribution in [0.5, 0.6) is 0 Å². The van der Waals surface area contributed by atoms with Crippen LogP contribution in [0.4, 0.5) is 0 Å². The van der Waals surface area contributed by atoms with Crippen LogP contribution in [0.15, 0.2) is 10.5 Å². The number of nitrogens with zero attached hydrogens (tertiary/aromatic N) is 2. The molecule has 5 nitrogen and oxygen atoms in total. The van der Waals surface area contributed by atoms with Crippen molar-refractivity contribution in [1.29, 1.82) is 0 Å². The number of aromatic carboxylic acids is 1. The van der Waals surface area contributed by atoms with Crippen LogP contribution in [-0.4, -0.2) is 53.6 Å². The van der Waals surface area contributed by atoms with Gasteiger partial charge in [-0.05, 0) is 26.0 Å². The molecular weight excluding hydrogens is 244 g/mol. The van der Waals surface area contributed by atoms with Crippen LogP contribution in [0.25, 0.3) is 0 Å². The Hall–Kier alpha value is -1.33. The van der Waals surface area contributed by atoms with Gasteiger partial charge in [0.05, 0.1) is 0 Å². The molecule has 1 fully saturated rings. The van der Waals surface area contributed by atoms with Gasteiger partial charge in [0.1, 0.15) is 5.76 Å². The van der Waals surface area contributed by atoms with Crippen LogP contribution in [0.1, 0.15) is 35.2 Å². The summed E-state index contributed by atoms with van der Waals surface area (Å²) < 4.78 is 5.24. The third kappa shape index (κ3) is 3.58. The Balaban J connectivity index is 1.90. The molecule has 1 aliphatic rings. The van der Waals surface area contributed by atoms with Crippen molar-refractivity contribution < 1.29 is 14.3 Å². The number of carbonyl (C=O) groups is 1. The fourth-order valence-corrected chi connectivity index (χ4v) is 2.51. The zero-order valence-electron chi connectivity index (χ0n) is 11.7. The molecular formula is C14H22N2O3. The van der Waals surface area contributed by atoms with E-state index in [1.807, 2.05) is 6.92 Å². The molecule has 5 heteroatoms. The van der Waals surface area contributed by atoms with Crippen LogP contribution < -0.4 is 0 Å². The lowest BCUT2D eigenvalue weighted by Crippen LogP contribution is -2.46. The summed E-state index contributed by atoms with van der Waals surface area (Å²) in [6, 6.07) is 1.65. The zero-order valence-corrected chi connectivity index (χ0v) is 11.7. The Morgan fingerprint density at radius 2 is 1.95 bits per heavy atom. The minimum atomic E-state index is -0.998. The second-order valence-corrected chi connectivity index (χ2v) is 5.12. The van der Waals surface area contributed by atoms with Crippen molar-refractivity contribution in [2.45, 2.75) is 26.8 Å². The average molecular weight is 266 g/mol. The van der Waals surface area contributed by atoms with E-state index in [9.17, 15) is 4.79 Å². The van der Waals surface area contributed by atoms with Gasteiger partial charge in [0.15, 0.2) is 0 Å². The predicted molar refractivity (Wildman–Crippen MR) is 72.4 cm³/mol. The van der Waals surface area contributed by atoms with E-state index in [1.165, 1.54) is 13.0 Å². The molecule has 0 amide bonds. The van der Waals surface area contributed by atoms with E-state index in [2.05, 4.69) is 16.7 Å². The molecule has 1 aromatic rings. The highest BCUT2D eigenvalue weighted by molar-refractivity contribution is 5.84. The highest BCUT2D eigenvalue weighted by Crippen LogP contribution is 2.17. The van der Waals surface area contributed by atoms with Gasteiger partial charge in [-0.25, -0.2) is 4.79 Å². The second kappa shape index (κ2) is 6.21. The molecule has 0 saturated carbocycles. The van der Waals surface area contributed by atoms with Crippen molar-refractivity contribution in [3.63, 3.8) is 0 Å². The van der Waals surface area contributed by atoms with E-state index in [1.54, 1.807) is 6.07 Å². The van der Waals surface area contributed by atoms with Crippen molar-refractivity contribution in [1.82, 2.24) is 9.80 Å². The number of hydrogen-bond acceptors (Lipinski definition) is 4. The lowest BCUT2D eigenvalue weighted by molar-refractivity contribution is 0.0661. The molecule has 0 aliphatic carbocycles. The highest BCUT2D eigenvalue weighted by Gasteiger charge is 2.19. The first-order valence-corrected chi connectivity index (χ1v) is 6.87. The number of furan rings is 1. The largest absolute Gasteiger partial charge is 0.475 e. The summed E-state index contributed by atoms with van der Waals surface area (Å²) in [5, 5.41) is 8.91. The molecule has 1 saturated heterocycles. The fourth-order valence-electron chi connectivity index (χ4n) is 2.51. The number of rotatable bonds is 5. The SMILES string of the molecule is CCCN1CCN(Cc2cc(C(=O)O)oc2C)CC1. The fraction of sp³-hybridized carbons (Fsp3) is 0.643. The Kier molecular flexibility index (Phi) is 4.61. The van der Waals surface area contributed by atoms with Gasteiger partial charge in [-0.2, -0.15) is 0 Å². The molecule has 19 heavy (non-hydrogen) atoms. The Labute approximate surface area is 113 Å². The summed E-state index contributed by atoms with van der Waals surface area (Å²) in [5.74, 6) is -0.243. The van der Waals surface area contributed by atoms with Gasteiger partial charge >= 0.3 is 5.97 Å². The molecule has 0 aromatic carbocycles. The maximum Gasteiger partial charge on any atom is 0.371 e. The summed E-state index contributed by atoms with van der Waals surface area (Å²) in [4.78, 5) is 15.7. The Bertz CT molecular complexity index is 434. The number of carboxylic acids is 1. The quantitative estimate of drug-likeness (QED) is 0.881. The monoisotopic (exact) mass is 266 g/mol. The maximum atomic E-state index is 10.9. The van der Waals surface area contributed by atoms with Crippen LogP contribution >= 0.6 is 0 Å². The third-order valence-electron chi connectivity index (χ3n) is 3.63. The van der Waals surface area contributed by atoms with Crippen LogP contribution in [0, 0.1) is 6.92 Å². The number of aryl methyl sites for hydroxylation is 1. The van der Waals surface area contributed by atoms with Crippen molar-refractivity contribution in [2.75, 3.05) is 32.7 Å². The summed E-state index contributed by atoms with van der Waals surface area (Å²) in [5.41, 5.74) is 0.987. The van der Waals surface area contributed by atoms with E-state index < -0.39 is 5.97 Å². The zero-order chi connectivity index (χ0) is 13.8. The minimum Gasteiger partial charge on any atom is -0.475 e. The molecule has 0 radical (unpaired) electrons. The van der Waals surface area contributed by atoms with E-state index in [-0.39, 0.29) is 5.76 Å². The van der Waals surface area contributed by atoms with E-state index in [0.29, 0.717) is 5.76 Å². The van der Waals surface area contributed by atoms with Crippen molar-refractivity contribution in [3.05, 3.63) is 23.2 Å². The second-order valence-electron chi connectivity index (χ2n) is 5.12. The molecule has 1 aromatic heterocycles. The summed E-state index contributed by atoms with van der Waals surface area (Å²) in [6.45, 7) is 10.2. The molecule has 1 aliphatic heterocycles. The normalized spacial score (nSPS) is 17.8. The van der Waals surface area contributed by atoms with Gasteiger partial charge in [-0.1, -0.05) is 6.92 Å². The standard InChI is InChI=1S/C14H22N2O3/c1-3-4-15-5-7-16(8-6-15)10-12-9-13(14(17)18)19-11(12)2/h9H,3-8,10H2,1-2H3,(H,17,18). The summed E-state index contributed by atoms with van der Waals surface area (Å²) in [7, 11) is 0. The minimum absolute atomic E-state index is 0.0390. The molecule has 0 spiro atoms. The van der Waals surface area contributed by atoms with Gasteiger partial charge in [-0.15, -0.1) is 0 Å². The predicted octanol–water partition coefficient (Wildman–Crippen LogP) is 1.81. The summed E-state index contributed by atoms with van der Waals surface area (Å²) in [6.07, 6.45) is 1.20. The molecule has 2 heterocycles. The van der Waals surface area contributed by atoms with Crippen LogP contribution in [-0.2, 0) is 6.54 Å². The first kappa shape index (κ1) is 14.1. The summed E-state index contributed by atoms with van der Waals surface area (Å²) >= 11 is 0.